The highest BCUT2D eigenvalue weighted by Gasteiger charge is 2.51. The van der Waals surface area contributed by atoms with Crippen LogP contribution in [0.2, 0.25) is 0 Å². The maximum Gasteiger partial charge on any atom is 0.472 e. The number of phosphoric acid groups is 1. The normalized spacial score (nSPS) is 21.4. The second-order valence-electron chi connectivity index (χ2n) is 18.7. The summed E-state index contributed by atoms with van der Waals surface area (Å²) in [5.74, 6) is -1.09. The third-order valence-electron chi connectivity index (χ3n) is 12.6. The fraction of sp³-hybridized carbons (Fsp3) is 0.922. The van der Waals surface area contributed by atoms with E-state index in [1.807, 2.05) is 0 Å². The minimum atomic E-state index is -5.12. The number of hydrogen-bond acceptors (Lipinski definition) is 12. The molecule has 1 saturated carbocycles. The molecule has 13 nitrogen and oxygen atoms in total. The summed E-state index contributed by atoms with van der Waals surface area (Å²) < 4.78 is 33.7. The number of unbranched alkanes of at least 4 members (excludes halogenated alkanes) is 31. The molecule has 0 aromatic carbocycles. The van der Waals surface area contributed by atoms with Crippen LogP contribution < -0.4 is 0 Å². The Morgan fingerprint density at radius 3 is 1.18 bits per heavy atom. The van der Waals surface area contributed by atoms with Crippen LogP contribution in [0.5, 0.6) is 0 Å². The Labute approximate surface area is 394 Å². The van der Waals surface area contributed by atoms with Crippen LogP contribution >= 0.6 is 7.82 Å². The summed E-state index contributed by atoms with van der Waals surface area (Å²) in [6.45, 7) is 3.33. The van der Waals surface area contributed by atoms with Crippen molar-refractivity contribution in [1.29, 1.82) is 0 Å². The number of allylic oxidation sites excluding steroid dienone is 2. The van der Waals surface area contributed by atoms with Gasteiger partial charge in [-0.3, -0.25) is 18.6 Å². The maximum absolute atomic E-state index is 12.9. The van der Waals surface area contributed by atoms with Crippen LogP contribution in [0.1, 0.15) is 245 Å². The molecule has 8 atom stereocenters. The molecule has 14 heteroatoms. The summed E-state index contributed by atoms with van der Waals surface area (Å²) in [7, 11) is -5.12. The minimum Gasteiger partial charge on any atom is -0.462 e. The summed E-state index contributed by atoms with van der Waals surface area (Å²) in [5, 5.41) is 50.3. The molecule has 1 rings (SSSR count). The number of ether oxygens (including phenoxy) is 2. The van der Waals surface area contributed by atoms with Gasteiger partial charge in [-0.2, -0.15) is 0 Å². The quantitative estimate of drug-likeness (QED) is 0.0145. The van der Waals surface area contributed by atoms with Crippen molar-refractivity contribution in [2.45, 2.75) is 288 Å². The smallest absolute Gasteiger partial charge is 0.462 e. The van der Waals surface area contributed by atoms with Crippen molar-refractivity contribution < 1.29 is 63.1 Å². The van der Waals surface area contributed by atoms with Gasteiger partial charge in [0, 0.05) is 12.8 Å². The number of aliphatic hydroxyl groups excluding tert-OH is 5. The largest absolute Gasteiger partial charge is 0.472 e. The summed E-state index contributed by atoms with van der Waals surface area (Å²) in [6, 6.07) is 0. The summed E-state index contributed by atoms with van der Waals surface area (Å²) in [6.07, 6.45) is 32.5. The molecule has 384 valence electrons. The minimum absolute atomic E-state index is 0.0990. The molecule has 0 spiro atoms. The van der Waals surface area contributed by atoms with Crippen molar-refractivity contribution >= 4 is 19.8 Å². The van der Waals surface area contributed by atoms with Gasteiger partial charge in [0.15, 0.2) is 6.10 Å². The number of esters is 2. The Balaban J connectivity index is 2.37. The van der Waals surface area contributed by atoms with Crippen LogP contribution in [-0.2, 0) is 32.7 Å². The monoisotopic (exact) mass is 949 g/mol. The lowest BCUT2D eigenvalue weighted by Crippen LogP contribution is -2.64. The lowest BCUT2D eigenvalue weighted by Gasteiger charge is -2.41. The average Bonchev–Trinajstić information content (AvgIpc) is 3.29. The number of rotatable bonds is 45. The number of carbonyl (C=O) groups excluding carboxylic acids is 2. The summed E-state index contributed by atoms with van der Waals surface area (Å²) >= 11 is 0. The van der Waals surface area contributed by atoms with E-state index >= 15 is 0 Å². The lowest BCUT2D eigenvalue weighted by atomic mass is 9.85. The van der Waals surface area contributed by atoms with Crippen molar-refractivity contribution in [3.8, 4) is 0 Å². The molecule has 0 saturated heterocycles. The SMILES string of the molecule is CCCCCC/C=C/CCCCCCCCCCCC(=O)O[C@@H](COC(=O)CCCCCCCCCCCCCCCCCCCCC)COP(=O)(O)OC1C(O)C(O)C(O)[C@H](O)C1O. The van der Waals surface area contributed by atoms with Crippen LogP contribution in [0.15, 0.2) is 12.2 Å². The second kappa shape index (κ2) is 41.6. The molecule has 1 fully saturated rings. The molecule has 1 aliphatic carbocycles. The Morgan fingerprint density at radius 2 is 0.785 bits per heavy atom. The first-order valence-corrected chi connectivity index (χ1v) is 28.0. The van der Waals surface area contributed by atoms with Gasteiger partial charge in [-0.25, -0.2) is 4.57 Å². The van der Waals surface area contributed by atoms with Gasteiger partial charge in [0.05, 0.1) is 6.61 Å². The molecule has 0 bridgehead atoms. The van der Waals surface area contributed by atoms with Crippen LogP contribution in [-0.4, -0.2) is 98.3 Å². The first-order chi connectivity index (χ1) is 31.4. The molecule has 6 N–H and O–H groups in total. The van der Waals surface area contributed by atoms with E-state index in [0.717, 1.165) is 51.4 Å². The van der Waals surface area contributed by atoms with Crippen molar-refractivity contribution in [3.63, 3.8) is 0 Å². The highest BCUT2D eigenvalue weighted by Crippen LogP contribution is 2.47. The van der Waals surface area contributed by atoms with E-state index in [0.29, 0.717) is 12.8 Å². The highest BCUT2D eigenvalue weighted by atomic mass is 31.2. The third-order valence-corrected chi connectivity index (χ3v) is 13.6. The first-order valence-electron chi connectivity index (χ1n) is 26.5. The van der Waals surface area contributed by atoms with Crippen molar-refractivity contribution in [2.24, 2.45) is 0 Å². The summed E-state index contributed by atoms with van der Waals surface area (Å²) in [4.78, 5) is 35.9. The van der Waals surface area contributed by atoms with E-state index in [9.17, 15) is 44.6 Å². The predicted molar refractivity (Wildman–Crippen MR) is 258 cm³/mol. The Hall–Kier alpha value is -1.41. The molecule has 0 heterocycles. The Morgan fingerprint density at radius 1 is 0.462 bits per heavy atom. The lowest BCUT2D eigenvalue weighted by molar-refractivity contribution is -0.220. The van der Waals surface area contributed by atoms with Crippen molar-refractivity contribution in [2.75, 3.05) is 13.2 Å². The van der Waals surface area contributed by atoms with Crippen LogP contribution in [0.25, 0.3) is 0 Å². The van der Waals surface area contributed by atoms with Gasteiger partial charge in [0.1, 0.15) is 43.2 Å². The topological polar surface area (TPSA) is 210 Å². The van der Waals surface area contributed by atoms with Gasteiger partial charge in [-0.05, 0) is 38.5 Å². The average molecular weight is 949 g/mol. The van der Waals surface area contributed by atoms with E-state index in [1.165, 1.54) is 154 Å². The molecular weight excluding hydrogens is 852 g/mol. The van der Waals surface area contributed by atoms with Crippen LogP contribution in [0.4, 0.5) is 0 Å². The molecule has 0 aliphatic heterocycles. The predicted octanol–water partition coefficient (Wildman–Crippen LogP) is 11.4. The van der Waals surface area contributed by atoms with Gasteiger partial charge in [-0.15, -0.1) is 0 Å². The van der Waals surface area contributed by atoms with E-state index in [2.05, 4.69) is 26.0 Å². The molecule has 0 aromatic heterocycles. The number of phosphoric ester groups is 1. The molecule has 6 unspecified atom stereocenters. The van der Waals surface area contributed by atoms with E-state index < -0.39 is 75.7 Å². The zero-order chi connectivity index (χ0) is 47.8. The fourth-order valence-corrected chi connectivity index (χ4v) is 9.32. The standard InChI is InChI=1S/C51H97O13P/c1-3-5-7-9-11-13-15-17-19-21-22-24-25-27-29-31-33-35-37-39-44(52)61-41-43(42-62-65(59,60)64-51-49(57)47(55)46(54)48(56)50(51)58)63-45(53)40-38-36-34-32-30-28-26-23-20-18-16-14-12-10-8-6-4-2/h14,16,43,46-51,54-58H,3-13,15,17-42H2,1-2H3,(H,59,60)/b16-14+/t43-,46?,47-,48?,49?,50?,51?/m0/s1. The molecule has 0 amide bonds. The maximum atomic E-state index is 12.9. The highest BCUT2D eigenvalue weighted by molar-refractivity contribution is 7.47. The van der Waals surface area contributed by atoms with Gasteiger partial charge < -0.3 is 39.9 Å². The van der Waals surface area contributed by atoms with Gasteiger partial charge >= 0.3 is 19.8 Å². The zero-order valence-corrected chi connectivity index (χ0v) is 41.9. The fourth-order valence-electron chi connectivity index (χ4n) is 8.34. The van der Waals surface area contributed by atoms with Gasteiger partial charge in [0.2, 0.25) is 0 Å². The first kappa shape index (κ1) is 61.6. The molecule has 65 heavy (non-hydrogen) atoms. The van der Waals surface area contributed by atoms with Crippen LogP contribution in [0.3, 0.4) is 0 Å². The number of aliphatic hydroxyl groups is 5. The zero-order valence-electron chi connectivity index (χ0n) is 41.1. The number of carbonyl (C=O) groups is 2. The third kappa shape index (κ3) is 33.7. The Bertz CT molecular complexity index is 1190. The second-order valence-corrected chi connectivity index (χ2v) is 20.1. The van der Waals surface area contributed by atoms with Crippen molar-refractivity contribution in [3.05, 3.63) is 12.2 Å². The van der Waals surface area contributed by atoms with E-state index in [1.54, 1.807) is 0 Å². The number of hydrogen-bond donors (Lipinski definition) is 6. The molecule has 1 aliphatic rings. The van der Waals surface area contributed by atoms with Crippen LogP contribution in [0, 0.1) is 0 Å². The molecule has 0 aromatic rings. The van der Waals surface area contributed by atoms with Gasteiger partial charge in [-0.1, -0.05) is 206 Å². The van der Waals surface area contributed by atoms with E-state index in [-0.39, 0.29) is 12.8 Å². The Kier molecular flexibility index (Phi) is 39.4. The van der Waals surface area contributed by atoms with Crippen molar-refractivity contribution in [1.82, 2.24) is 0 Å². The molecular formula is C51H97O13P. The van der Waals surface area contributed by atoms with E-state index in [4.69, 9.17) is 18.5 Å². The van der Waals surface area contributed by atoms with Gasteiger partial charge in [0.25, 0.3) is 0 Å². The molecule has 0 radical (unpaired) electrons. The summed E-state index contributed by atoms with van der Waals surface area (Å²) in [5.41, 5.74) is 0.